The minimum atomic E-state index is -0.759. The highest BCUT2D eigenvalue weighted by Gasteiger charge is 2.22. The number of halogens is 1. The first-order chi connectivity index (χ1) is 14.0. The van der Waals surface area contributed by atoms with Gasteiger partial charge < -0.3 is 15.4 Å². The Bertz CT molecular complexity index is 1280. The van der Waals surface area contributed by atoms with Gasteiger partial charge >= 0.3 is 0 Å². The Hall–Kier alpha value is -3.94. The molecule has 8 heteroatoms. The zero-order valence-electron chi connectivity index (χ0n) is 15.4. The van der Waals surface area contributed by atoms with Crippen LogP contribution in [0.3, 0.4) is 0 Å². The molecule has 2 heterocycles. The normalized spacial score (nSPS) is 11.0. The Balaban J connectivity index is 1.78. The highest BCUT2D eigenvalue weighted by Crippen LogP contribution is 2.27. The van der Waals surface area contributed by atoms with Crippen molar-refractivity contribution < 1.29 is 14.3 Å². The second-order valence-corrected chi connectivity index (χ2v) is 6.44. The first kappa shape index (κ1) is 18.4. The number of aromatic amines is 1. The van der Waals surface area contributed by atoms with Crippen molar-refractivity contribution in [1.82, 2.24) is 14.8 Å². The van der Waals surface area contributed by atoms with Crippen LogP contribution in [0.25, 0.3) is 16.7 Å². The van der Waals surface area contributed by atoms with Crippen molar-refractivity contribution in [2.45, 2.75) is 13.3 Å². The van der Waals surface area contributed by atoms with Crippen LogP contribution in [0.2, 0.25) is 0 Å². The summed E-state index contributed by atoms with van der Waals surface area (Å²) in [6.07, 6.45) is 2.03. The van der Waals surface area contributed by atoms with Gasteiger partial charge in [-0.3, -0.25) is 9.59 Å². The number of aromatic hydroxyl groups is 1. The molecule has 0 bridgehead atoms. The molecule has 2 aromatic heterocycles. The van der Waals surface area contributed by atoms with Gasteiger partial charge in [0, 0.05) is 5.69 Å². The number of carbonyl (C=O) groups excluding carboxylic acids is 1. The molecule has 0 aliphatic rings. The third-order valence-electron chi connectivity index (χ3n) is 4.66. The lowest BCUT2D eigenvalue weighted by Crippen LogP contribution is -2.24. The summed E-state index contributed by atoms with van der Waals surface area (Å²) in [4.78, 5) is 27.9. The Morgan fingerprint density at radius 3 is 2.66 bits per heavy atom. The second-order valence-electron chi connectivity index (χ2n) is 6.44. The van der Waals surface area contributed by atoms with Crippen LogP contribution in [0.4, 0.5) is 10.1 Å². The van der Waals surface area contributed by atoms with E-state index in [-0.39, 0.29) is 11.0 Å². The molecule has 0 saturated heterocycles. The molecule has 0 unspecified atom stereocenters. The standard InChI is InChI=1S/C21H17FN4O3/c1-2-12-5-3-4-6-16(12)24-20(28)17-18(27)15-11-23-26(19(15)25-21(17)29)14-9-7-13(22)8-10-14/h3-11H,2H2,1H3,(H,24,28)(H2,25,27,29). The number of amides is 1. The molecule has 0 radical (unpaired) electrons. The lowest BCUT2D eigenvalue weighted by molar-refractivity contribution is 0.102. The summed E-state index contributed by atoms with van der Waals surface area (Å²) in [6.45, 7) is 1.95. The van der Waals surface area contributed by atoms with Crippen LogP contribution in [-0.4, -0.2) is 25.8 Å². The molecule has 1 amide bonds. The number of H-pyrrole nitrogens is 1. The number of nitrogens with zero attached hydrogens (tertiary/aromatic N) is 2. The van der Waals surface area contributed by atoms with Gasteiger partial charge in [-0.05, 0) is 42.3 Å². The molecule has 0 saturated carbocycles. The lowest BCUT2D eigenvalue weighted by atomic mass is 10.1. The van der Waals surface area contributed by atoms with E-state index in [0.717, 1.165) is 5.56 Å². The van der Waals surface area contributed by atoms with Gasteiger partial charge in [0.1, 0.15) is 22.8 Å². The summed E-state index contributed by atoms with van der Waals surface area (Å²) in [7, 11) is 0. The average Bonchev–Trinajstić information content (AvgIpc) is 3.13. The van der Waals surface area contributed by atoms with Crippen LogP contribution in [-0.2, 0) is 6.42 Å². The summed E-state index contributed by atoms with van der Waals surface area (Å²) in [5.41, 5.74) is 1.01. The summed E-state index contributed by atoms with van der Waals surface area (Å²) < 4.78 is 14.5. The fourth-order valence-corrected chi connectivity index (χ4v) is 3.18. The van der Waals surface area contributed by atoms with Crippen LogP contribution in [0, 0.1) is 5.82 Å². The van der Waals surface area contributed by atoms with Gasteiger partial charge in [0.25, 0.3) is 11.5 Å². The van der Waals surface area contributed by atoms with Gasteiger partial charge in [-0.2, -0.15) is 5.10 Å². The van der Waals surface area contributed by atoms with E-state index in [1.54, 1.807) is 12.1 Å². The topological polar surface area (TPSA) is 100 Å². The second kappa shape index (κ2) is 7.23. The smallest absolute Gasteiger partial charge is 0.266 e. The first-order valence-electron chi connectivity index (χ1n) is 8.97. The molecule has 29 heavy (non-hydrogen) atoms. The molecule has 4 rings (SSSR count). The maximum atomic E-state index is 13.2. The van der Waals surface area contributed by atoms with Crippen molar-refractivity contribution in [1.29, 1.82) is 0 Å². The average molecular weight is 392 g/mol. The molecule has 0 aliphatic heterocycles. The van der Waals surface area contributed by atoms with E-state index in [1.807, 2.05) is 19.1 Å². The number of pyridine rings is 1. The van der Waals surface area contributed by atoms with Gasteiger partial charge in [-0.1, -0.05) is 25.1 Å². The van der Waals surface area contributed by atoms with Crippen LogP contribution in [0.1, 0.15) is 22.8 Å². The van der Waals surface area contributed by atoms with Crippen molar-refractivity contribution in [3.63, 3.8) is 0 Å². The van der Waals surface area contributed by atoms with Gasteiger partial charge in [-0.25, -0.2) is 9.07 Å². The predicted molar refractivity (Wildman–Crippen MR) is 107 cm³/mol. The van der Waals surface area contributed by atoms with Crippen LogP contribution in [0.5, 0.6) is 5.75 Å². The third-order valence-corrected chi connectivity index (χ3v) is 4.66. The number of nitrogens with one attached hydrogen (secondary N) is 2. The largest absolute Gasteiger partial charge is 0.506 e. The lowest BCUT2D eigenvalue weighted by Gasteiger charge is -2.10. The summed E-state index contributed by atoms with van der Waals surface area (Å²) in [5.74, 6) is -1.60. The highest BCUT2D eigenvalue weighted by atomic mass is 19.1. The van der Waals surface area contributed by atoms with Gasteiger partial charge in [0.2, 0.25) is 0 Å². The maximum Gasteiger partial charge on any atom is 0.266 e. The van der Waals surface area contributed by atoms with Gasteiger partial charge in [-0.15, -0.1) is 0 Å². The Kier molecular flexibility index (Phi) is 4.59. The molecule has 2 aromatic carbocycles. The van der Waals surface area contributed by atoms with Crippen LogP contribution < -0.4 is 10.9 Å². The fourth-order valence-electron chi connectivity index (χ4n) is 3.18. The van der Waals surface area contributed by atoms with Crippen LogP contribution in [0.15, 0.2) is 59.5 Å². The minimum absolute atomic E-state index is 0.197. The number of aryl methyl sites for hydroxylation is 1. The third kappa shape index (κ3) is 3.25. The molecule has 3 N–H and O–H groups in total. The summed E-state index contributed by atoms with van der Waals surface area (Å²) >= 11 is 0. The van der Waals surface area contributed by atoms with Crippen molar-refractivity contribution in [2.75, 3.05) is 5.32 Å². The van der Waals surface area contributed by atoms with Gasteiger partial charge in [0.15, 0.2) is 0 Å². The number of carbonyl (C=O) groups is 1. The highest BCUT2D eigenvalue weighted by molar-refractivity contribution is 6.09. The van der Waals surface area contributed by atoms with Crippen molar-refractivity contribution in [3.8, 4) is 11.4 Å². The Morgan fingerprint density at radius 1 is 1.21 bits per heavy atom. The molecule has 0 atom stereocenters. The zero-order valence-corrected chi connectivity index (χ0v) is 15.4. The summed E-state index contributed by atoms with van der Waals surface area (Å²) in [6, 6.07) is 12.7. The summed E-state index contributed by atoms with van der Waals surface area (Å²) in [5, 5.41) is 17.6. The Morgan fingerprint density at radius 2 is 1.93 bits per heavy atom. The Labute approximate surface area is 164 Å². The van der Waals surface area contributed by atoms with E-state index < -0.39 is 28.6 Å². The van der Waals surface area contributed by atoms with Crippen molar-refractivity contribution in [2.24, 2.45) is 0 Å². The predicted octanol–water partition coefficient (Wildman–Crippen LogP) is 3.37. The number of hydrogen-bond acceptors (Lipinski definition) is 4. The van der Waals surface area contributed by atoms with E-state index in [9.17, 15) is 19.1 Å². The molecular formula is C21H17FN4O3. The van der Waals surface area contributed by atoms with E-state index in [4.69, 9.17) is 0 Å². The fraction of sp³-hybridized carbons (Fsp3) is 0.0952. The maximum absolute atomic E-state index is 13.2. The monoisotopic (exact) mass is 392 g/mol. The van der Waals surface area contributed by atoms with E-state index in [2.05, 4.69) is 15.4 Å². The number of rotatable bonds is 4. The zero-order chi connectivity index (χ0) is 20.5. The molecule has 146 valence electrons. The quantitative estimate of drug-likeness (QED) is 0.496. The number of para-hydroxylation sites is 1. The van der Waals surface area contributed by atoms with Crippen LogP contribution >= 0.6 is 0 Å². The molecular weight excluding hydrogens is 375 g/mol. The minimum Gasteiger partial charge on any atom is -0.506 e. The van der Waals surface area contributed by atoms with Gasteiger partial charge in [0.05, 0.1) is 17.3 Å². The SMILES string of the molecule is CCc1ccccc1NC(=O)c1c(O)c2cnn(-c3ccc(F)cc3)c2[nH]c1=O. The molecule has 0 fully saturated rings. The number of fused-ring (bicyclic) bond motifs is 1. The van der Waals surface area contributed by atoms with Crippen molar-refractivity contribution >= 4 is 22.6 Å². The number of aromatic nitrogens is 3. The molecule has 0 aliphatic carbocycles. The molecule has 0 spiro atoms. The first-order valence-corrected chi connectivity index (χ1v) is 8.97. The number of anilines is 1. The molecule has 7 nitrogen and oxygen atoms in total. The number of benzene rings is 2. The van der Waals surface area contributed by atoms with Crippen molar-refractivity contribution in [3.05, 3.63) is 82.0 Å². The van der Waals surface area contributed by atoms with E-state index in [1.165, 1.54) is 35.1 Å². The number of hydrogen-bond donors (Lipinski definition) is 3. The van der Waals surface area contributed by atoms with E-state index >= 15 is 0 Å². The van der Waals surface area contributed by atoms with E-state index in [0.29, 0.717) is 17.8 Å². The molecule has 4 aromatic rings.